The lowest BCUT2D eigenvalue weighted by atomic mass is 9.99. The molecule has 0 saturated carbocycles. The SMILES string of the molecule is CN=C(NCCS(=O)(=O)NCC1CCCCO1)NCC(C)c1cccc(C)c1.I. The summed E-state index contributed by atoms with van der Waals surface area (Å²) >= 11 is 0. The number of benzene rings is 1. The Kier molecular flexibility index (Phi) is 12.1. The van der Waals surface area contributed by atoms with Crippen molar-refractivity contribution in [3.05, 3.63) is 35.4 Å². The number of aliphatic imine (C=N–C) groups is 1. The topological polar surface area (TPSA) is 91.8 Å². The molecule has 0 aliphatic carbocycles. The highest BCUT2D eigenvalue weighted by Gasteiger charge is 2.17. The van der Waals surface area contributed by atoms with Crippen molar-refractivity contribution in [3.63, 3.8) is 0 Å². The molecule has 2 atom stereocenters. The summed E-state index contributed by atoms with van der Waals surface area (Å²) in [5, 5.41) is 6.33. The van der Waals surface area contributed by atoms with Crippen LogP contribution in [-0.4, -0.2) is 59.5 Å². The fraction of sp³-hybridized carbons (Fsp3) is 0.650. The van der Waals surface area contributed by atoms with Crippen molar-refractivity contribution in [3.8, 4) is 0 Å². The van der Waals surface area contributed by atoms with E-state index in [1.165, 1.54) is 11.1 Å². The highest BCUT2D eigenvalue weighted by atomic mass is 127. The van der Waals surface area contributed by atoms with Crippen LogP contribution in [0.1, 0.15) is 43.2 Å². The molecule has 0 spiro atoms. The predicted molar refractivity (Wildman–Crippen MR) is 130 cm³/mol. The van der Waals surface area contributed by atoms with Gasteiger partial charge in [-0.3, -0.25) is 4.99 Å². The number of nitrogens with zero attached hydrogens (tertiary/aromatic N) is 1. The number of hydrogen-bond acceptors (Lipinski definition) is 4. The molecule has 3 N–H and O–H groups in total. The largest absolute Gasteiger partial charge is 0.377 e. The molecule has 1 fully saturated rings. The third kappa shape index (κ3) is 10.1. The van der Waals surface area contributed by atoms with E-state index >= 15 is 0 Å². The van der Waals surface area contributed by atoms with Gasteiger partial charge in [0.05, 0.1) is 11.9 Å². The zero-order valence-corrected chi connectivity index (χ0v) is 20.8. The molecule has 1 aromatic carbocycles. The molecule has 1 aliphatic rings. The van der Waals surface area contributed by atoms with Gasteiger partial charge in [0.2, 0.25) is 10.0 Å². The third-order valence-electron chi connectivity index (χ3n) is 4.88. The molecule has 1 heterocycles. The predicted octanol–water partition coefficient (Wildman–Crippen LogP) is 2.37. The van der Waals surface area contributed by atoms with Crippen LogP contribution in [0.15, 0.2) is 29.3 Å². The Bertz CT molecular complexity index is 737. The second-order valence-corrected chi connectivity index (χ2v) is 9.28. The van der Waals surface area contributed by atoms with E-state index in [9.17, 15) is 8.42 Å². The number of halogens is 1. The zero-order chi connectivity index (χ0) is 20.4. The van der Waals surface area contributed by atoms with Crippen molar-refractivity contribution >= 4 is 40.0 Å². The Balaban J connectivity index is 0.00000420. The van der Waals surface area contributed by atoms with Crippen LogP contribution >= 0.6 is 24.0 Å². The van der Waals surface area contributed by atoms with Gasteiger partial charge < -0.3 is 15.4 Å². The Hall–Kier alpha value is -0.910. The molecule has 2 rings (SSSR count). The van der Waals surface area contributed by atoms with Gasteiger partial charge in [-0.1, -0.05) is 36.8 Å². The first-order valence-electron chi connectivity index (χ1n) is 9.99. The summed E-state index contributed by atoms with van der Waals surface area (Å²) in [6, 6.07) is 8.43. The third-order valence-corrected chi connectivity index (χ3v) is 6.23. The zero-order valence-electron chi connectivity index (χ0n) is 17.6. The first-order valence-corrected chi connectivity index (χ1v) is 11.6. The van der Waals surface area contributed by atoms with Crippen molar-refractivity contribution in [2.45, 2.75) is 45.1 Å². The average molecular weight is 538 g/mol. The molecule has 0 aromatic heterocycles. The molecule has 2 unspecified atom stereocenters. The summed E-state index contributed by atoms with van der Waals surface area (Å²) in [6.07, 6.45) is 3.06. The highest BCUT2D eigenvalue weighted by molar-refractivity contribution is 14.0. The molecule has 0 amide bonds. The van der Waals surface area contributed by atoms with E-state index in [1.54, 1.807) is 7.05 Å². The minimum absolute atomic E-state index is 0. The molecule has 0 bridgehead atoms. The van der Waals surface area contributed by atoms with Gasteiger partial charge in [0.25, 0.3) is 0 Å². The molecular weight excluding hydrogens is 503 g/mol. The van der Waals surface area contributed by atoms with Gasteiger partial charge in [-0.05, 0) is 37.7 Å². The summed E-state index contributed by atoms with van der Waals surface area (Å²) in [5.41, 5.74) is 2.50. The van der Waals surface area contributed by atoms with Gasteiger partial charge in [0.15, 0.2) is 5.96 Å². The van der Waals surface area contributed by atoms with E-state index in [0.29, 0.717) is 31.5 Å². The van der Waals surface area contributed by atoms with E-state index in [2.05, 4.69) is 58.5 Å². The van der Waals surface area contributed by atoms with Crippen LogP contribution in [-0.2, 0) is 14.8 Å². The lowest BCUT2D eigenvalue weighted by Gasteiger charge is -2.22. The van der Waals surface area contributed by atoms with Gasteiger partial charge >= 0.3 is 0 Å². The van der Waals surface area contributed by atoms with Gasteiger partial charge in [-0.25, -0.2) is 13.1 Å². The smallest absolute Gasteiger partial charge is 0.213 e. The van der Waals surface area contributed by atoms with Crippen LogP contribution in [0.25, 0.3) is 0 Å². The number of ether oxygens (including phenoxy) is 1. The molecule has 29 heavy (non-hydrogen) atoms. The van der Waals surface area contributed by atoms with Gasteiger partial charge in [-0.2, -0.15) is 0 Å². The number of aryl methyl sites for hydroxylation is 1. The second kappa shape index (κ2) is 13.4. The van der Waals surface area contributed by atoms with Crippen molar-refractivity contribution in [1.82, 2.24) is 15.4 Å². The summed E-state index contributed by atoms with van der Waals surface area (Å²) in [4.78, 5) is 4.17. The first kappa shape index (κ1) is 26.1. The monoisotopic (exact) mass is 538 g/mol. The van der Waals surface area contributed by atoms with Crippen LogP contribution in [0, 0.1) is 6.92 Å². The Labute approximate surface area is 192 Å². The Morgan fingerprint density at radius 3 is 2.76 bits per heavy atom. The normalized spacial score (nSPS) is 18.6. The fourth-order valence-corrected chi connectivity index (χ4v) is 4.08. The standard InChI is InChI=1S/C20H34N4O3S.HI/c1-16-7-6-8-18(13-16)17(2)14-23-20(21-3)22-10-12-28(25,26)24-15-19-9-4-5-11-27-19;/h6-8,13,17,19,24H,4-5,9-12,14-15H2,1-3H3,(H2,21,22,23);1H. The van der Waals surface area contributed by atoms with Crippen LogP contribution in [0.5, 0.6) is 0 Å². The molecule has 1 aliphatic heterocycles. The van der Waals surface area contributed by atoms with E-state index in [1.807, 2.05) is 0 Å². The maximum Gasteiger partial charge on any atom is 0.213 e. The van der Waals surface area contributed by atoms with E-state index in [-0.39, 0.29) is 35.8 Å². The molecule has 166 valence electrons. The van der Waals surface area contributed by atoms with Gasteiger partial charge in [0, 0.05) is 33.3 Å². The van der Waals surface area contributed by atoms with Crippen molar-refractivity contribution in [2.24, 2.45) is 4.99 Å². The van der Waals surface area contributed by atoms with Crippen LogP contribution < -0.4 is 15.4 Å². The molecular formula is C20H35IN4O3S. The lowest BCUT2D eigenvalue weighted by Crippen LogP contribution is -2.43. The lowest BCUT2D eigenvalue weighted by molar-refractivity contribution is 0.0200. The minimum Gasteiger partial charge on any atom is -0.377 e. The quantitative estimate of drug-likeness (QED) is 0.255. The summed E-state index contributed by atoms with van der Waals surface area (Å²) in [5.74, 6) is 0.915. The number of sulfonamides is 1. The van der Waals surface area contributed by atoms with Gasteiger partial charge in [-0.15, -0.1) is 24.0 Å². The summed E-state index contributed by atoms with van der Waals surface area (Å²) in [7, 11) is -1.66. The molecule has 9 heteroatoms. The Morgan fingerprint density at radius 1 is 1.31 bits per heavy atom. The van der Waals surface area contributed by atoms with E-state index in [4.69, 9.17) is 4.74 Å². The van der Waals surface area contributed by atoms with Gasteiger partial charge in [0.1, 0.15) is 0 Å². The number of rotatable bonds is 9. The van der Waals surface area contributed by atoms with Crippen LogP contribution in [0.2, 0.25) is 0 Å². The highest BCUT2D eigenvalue weighted by Crippen LogP contribution is 2.15. The molecule has 1 aromatic rings. The van der Waals surface area contributed by atoms with E-state index in [0.717, 1.165) is 25.9 Å². The average Bonchev–Trinajstić information content (AvgIpc) is 2.69. The van der Waals surface area contributed by atoms with E-state index < -0.39 is 10.0 Å². The Morgan fingerprint density at radius 2 is 2.10 bits per heavy atom. The summed E-state index contributed by atoms with van der Waals surface area (Å²) in [6.45, 7) is 6.31. The maximum absolute atomic E-state index is 12.2. The number of guanidine groups is 1. The maximum atomic E-state index is 12.2. The molecule has 1 saturated heterocycles. The van der Waals surface area contributed by atoms with Crippen molar-refractivity contribution in [1.29, 1.82) is 0 Å². The van der Waals surface area contributed by atoms with Crippen LogP contribution in [0.3, 0.4) is 0 Å². The fourth-order valence-electron chi connectivity index (χ4n) is 3.13. The first-order chi connectivity index (χ1) is 13.4. The minimum atomic E-state index is -3.34. The van der Waals surface area contributed by atoms with Crippen molar-refractivity contribution < 1.29 is 13.2 Å². The molecule has 7 nitrogen and oxygen atoms in total. The number of nitrogens with one attached hydrogen (secondary N) is 3. The number of hydrogen-bond donors (Lipinski definition) is 3. The summed E-state index contributed by atoms with van der Waals surface area (Å²) < 4.78 is 32.5. The molecule has 0 radical (unpaired) electrons. The van der Waals surface area contributed by atoms with Crippen molar-refractivity contribution in [2.75, 3.05) is 39.0 Å². The second-order valence-electron chi connectivity index (χ2n) is 7.35. The van der Waals surface area contributed by atoms with Crippen LogP contribution in [0.4, 0.5) is 0 Å².